The summed E-state index contributed by atoms with van der Waals surface area (Å²) in [5.41, 5.74) is 7.39. The first-order chi connectivity index (χ1) is 9.15. The summed E-state index contributed by atoms with van der Waals surface area (Å²) in [7, 11) is 0. The first kappa shape index (κ1) is 13.1. The van der Waals surface area contributed by atoms with Crippen LogP contribution in [0.3, 0.4) is 0 Å². The van der Waals surface area contributed by atoms with Crippen molar-refractivity contribution in [3.8, 4) is 0 Å². The topological polar surface area (TPSA) is 47.1 Å². The van der Waals surface area contributed by atoms with Gasteiger partial charge in [-0.25, -0.2) is 4.98 Å². The number of aromatic nitrogens is 2. The minimum absolute atomic E-state index is 0.146. The van der Waals surface area contributed by atoms with Gasteiger partial charge in [0.2, 0.25) is 0 Å². The van der Waals surface area contributed by atoms with Crippen LogP contribution in [0.5, 0.6) is 0 Å². The van der Waals surface area contributed by atoms with E-state index in [0.29, 0.717) is 12.1 Å². The molecular weight excluding hydrogens is 236 g/mol. The fourth-order valence-electron chi connectivity index (χ4n) is 3.67. The summed E-state index contributed by atoms with van der Waals surface area (Å²) in [5, 5.41) is 0. The van der Waals surface area contributed by atoms with Gasteiger partial charge in [-0.1, -0.05) is 0 Å². The van der Waals surface area contributed by atoms with Crippen LogP contribution in [0.4, 0.5) is 0 Å². The van der Waals surface area contributed by atoms with E-state index in [4.69, 9.17) is 10.7 Å². The number of likely N-dealkylation sites (tertiary alicyclic amines) is 1. The van der Waals surface area contributed by atoms with Crippen molar-refractivity contribution < 1.29 is 0 Å². The molecule has 4 heteroatoms. The van der Waals surface area contributed by atoms with Crippen molar-refractivity contribution in [3.05, 3.63) is 17.7 Å². The minimum Gasteiger partial charge on any atom is -0.333 e. The average Bonchev–Trinajstić information content (AvgIpc) is 2.96. The number of imidazole rings is 1. The van der Waals surface area contributed by atoms with Crippen LogP contribution in [-0.2, 0) is 13.0 Å². The van der Waals surface area contributed by atoms with Gasteiger partial charge in [0.25, 0.3) is 0 Å². The molecule has 3 heterocycles. The predicted octanol–water partition coefficient (Wildman–Crippen LogP) is 2.09. The zero-order chi connectivity index (χ0) is 13.4. The molecule has 3 rings (SSSR count). The van der Waals surface area contributed by atoms with E-state index < -0.39 is 0 Å². The van der Waals surface area contributed by atoms with E-state index in [1.165, 1.54) is 31.5 Å². The molecule has 0 radical (unpaired) electrons. The molecule has 19 heavy (non-hydrogen) atoms. The number of fused-ring (bicyclic) bond motifs is 1. The summed E-state index contributed by atoms with van der Waals surface area (Å²) in [5.74, 6) is 1.11. The van der Waals surface area contributed by atoms with Gasteiger partial charge >= 0.3 is 0 Å². The van der Waals surface area contributed by atoms with Crippen molar-refractivity contribution >= 4 is 0 Å². The van der Waals surface area contributed by atoms with Crippen LogP contribution in [0.25, 0.3) is 0 Å². The van der Waals surface area contributed by atoms with E-state index in [1.54, 1.807) is 0 Å². The summed E-state index contributed by atoms with van der Waals surface area (Å²) in [6.45, 7) is 6.93. The summed E-state index contributed by atoms with van der Waals surface area (Å²) in [6, 6.07) is 1.47. The number of aryl methyl sites for hydroxylation is 1. The predicted molar refractivity (Wildman–Crippen MR) is 77.0 cm³/mol. The lowest BCUT2D eigenvalue weighted by molar-refractivity contribution is 0.202. The van der Waals surface area contributed by atoms with Crippen LogP contribution in [0, 0.1) is 0 Å². The molecule has 2 N–H and O–H groups in total. The summed E-state index contributed by atoms with van der Waals surface area (Å²) in [6.07, 6.45) is 8.24. The van der Waals surface area contributed by atoms with E-state index in [1.807, 2.05) is 0 Å². The molecule has 0 bridgehead atoms. The minimum atomic E-state index is 0.146. The Morgan fingerprint density at radius 1 is 1.32 bits per heavy atom. The largest absolute Gasteiger partial charge is 0.333 e. The molecule has 1 saturated heterocycles. The monoisotopic (exact) mass is 262 g/mol. The Morgan fingerprint density at radius 3 is 2.84 bits per heavy atom. The zero-order valence-electron chi connectivity index (χ0n) is 12.2. The van der Waals surface area contributed by atoms with Crippen molar-refractivity contribution in [2.75, 3.05) is 6.54 Å². The van der Waals surface area contributed by atoms with Gasteiger partial charge in [-0.05, 0) is 46.1 Å². The Hall–Kier alpha value is -0.870. The molecule has 1 aromatic heterocycles. The Morgan fingerprint density at radius 2 is 2.11 bits per heavy atom. The number of rotatable bonds is 3. The maximum atomic E-state index is 6.15. The van der Waals surface area contributed by atoms with Gasteiger partial charge in [-0.2, -0.15) is 0 Å². The van der Waals surface area contributed by atoms with Gasteiger partial charge in [0, 0.05) is 31.2 Å². The first-order valence-corrected chi connectivity index (χ1v) is 7.72. The second-order valence-electron chi connectivity index (χ2n) is 6.36. The van der Waals surface area contributed by atoms with Crippen molar-refractivity contribution in [3.63, 3.8) is 0 Å². The molecule has 2 aliphatic rings. The molecule has 2 atom stereocenters. The molecule has 1 fully saturated rings. The highest BCUT2D eigenvalue weighted by atomic mass is 15.2. The molecule has 4 nitrogen and oxygen atoms in total. The van der Waals surface area contributed by atoms with Crippen LogP contribution < -0.4 is 5.73 Å². The van der Waals surface area contributed by atoms with Crippen molar-refractivity contribution in [2.45, 2.75) is 70.6 Å². The van der Waals surface area contributed by atoms with Crippen LogP contribution in [0.15, 0.2) is 6.20 Å². The van der Waals surface area contributed by atoms with Gasteiger partial charge in [0.05, 0.1) is 11.7 Å². The molecule has 106 valence electrons. The highest BCUT2D eigenvalue weighted by Crippen LogP contribution is 2.26. The summed E-state index contributed by atoms with van der Waals surface area (Å²) in [4.78, 5) is 7.42. The molecule has 2 aliphatic heterocycles. The highest BCUT2D eigenvalue weighted by Gasteiger charge is 2.28. The molecule has 0 aliphatic carbocycles. The lowest BCUT2D eigenvalue weighted by Crippen LogP contribution is -2.36. The maximum absolute atomic E-state index is 6.15. The molecular formula is C15H26N4. The maximum Gasteiger partial charge on any atom is 0.125 e. The van der Waals surface area contributed by atoms with Gasteiger partial charge < -0.3 is 10.3 Å². The third-order valence-corrected chi connectivity index (χ3v) is 4.63. The number of nitrogens with zero attached hydrogens (tertiary/aromatic N) is 3. The van der Waals surface area contributed by atoms with E-state index in [9.17, 15) is 0 Å². The molecule has 0 saturated carbocycles. The average molecular weight is 262 g/mol. The Bertz CT molecular complexity index is 437. The van der Waals surface area contributed by atoms with Crippen molar-refractivity contribution in [1.29, 1.82) is 0 Å². The fourth-order valence-corrected chi connectivity index (χ4v) is 3.67. The Labute approximate surface area is 116 Å². The van der Waals surface area contributed by atoms with E-state index in [0.717, 1.165) is 25.2 Å². The van der Waals surface area contributed by atoms with Crippen LogP contribution in [-0.4, -0.2) is 33.1 Å². The Kier molecular flexibility index (Phi) is 3.63. The lowest BCUT2D eigenvalue weighted by Gasteiger charge is -2.27. The van der Waals surface area contributed by atoms with E-state index >= 15 is 0 Å². The summed E-state index contributed by atoms with van der Waals surface area (Å²) < 4.78 is 2.28. The lowest BCUT2D eigenvalue weighted by atomic mass is 10.1. The second-order valence-corrected chi connectivity index (χ2v) is 6.36. The summed E-state index contributed by atoms with van der Waals surface area (Å²) >= 11 is 0. The fraction of sp³-hybridized carbons (Fsp3) is 0.800. The number of nitrogens with two attached hydrogens (primary N) is 1. The molecule has 0 amide bonds. The molecule has 0 spiro atoms. The standard InChI is InChI=1S/C15H26N4/c1-11(2)19-8-3-5-13(19)9-12-10-18-7-4-6-14(16)15(18)17-12/h10-11,13-14H,3-9,16H2,1-2H3. The van der Waals surface area contributed by atoms with Crippen LogP contribution in [0.1, 0.15) is 57.1 Å². The van der Waals surface area contributed by atoms with E-state index in [-0.39, 0.29) is 6.04 Å². The number of hydrogen-bond donors (Lipinski definition) is 1. The molecule has 0 aromatic carbocycles. The zero-order valence-corrected chi connectivity index (χ0v) is 12.2. The van der Waals surface area contributed by atoms with Crippen molar-refractivity contribution in [1.82, 2.24) is 14.5 Å². The quantitative estimate of drug-likeness (QED) is 0.907. The van der Waals surface area contributed by atoms with Crippen molar-refractivity contribution in [2.24, 2.45) is 5.73 Å². The molecule has 1 aromatic rings. The highest BCUT2D eigenvalue weighted by molar-refractivity contribution is 5.11. The Balaban J connectivity index is 1.73. The van der Waals surface area contributed by atoms with Gasteiger partial charge in [0.1, 0.15) is 5.82 Å². The third-order valence-electron chi connectivity index (χ3n) is 4.63. The first-order valence-electron chi connectivity index (χ1n) is 7.72. The smallest absolute Gasteiger partial charge is 0.125 e. The van der Waals surface area contributed by atoms with Gasteiger partial charge in [0.15, 0.2) is 0 Å². The van der Waals surface area contributed by atoms with E-state index in [2.05, 4.69) is 29.5 Å². The van der Waals surface area contributed by atoms with Gasteiger partial charge in [-0.15, -0.1) is 0 Å². The second kappa shape index (κ2) is 5.25. The third kappa shape index (κ3) is 2.56. The molecule has 2 unspecified atom stereocenters. The van der Waals surface area contributed by atoms with Crippen LogP contribution >= 0.6 is 0 Å². The SMILES string of the molecule is CC(C)N1CCCC1Cc1cn2c(n1)C(N)CCC2. The normalized spacial score (nSPS) is 28.0. The van der Waals surface area contributed by atoms with Crippen LogP contribution in [0.2, 0.25) is 0 Å². The van der Waals surface area contributed by atoms with Gasteiger partial charge in [-0.3, -0.25) is 4.90 Å². The number of hydrogen-bond acceptors (Lipinski definition) is 3.